The monoisotopic (exact) mass is 443 g/mol. The number of hydrogen-bond donors (Lipinski definition) is 0. The molecule has 0 heterocycles. The molecule has 32 heavy (non-hydrogen) atoms. The van der Waals surface area contributed by atoms with Gasteiger partial charge in [-0.1, -0.05) is 64.0 Å². The topological polar surface area (TPSA) is 12.5 Å². The molecule has 0 bridgehead atoms. The van der Waals surface area contributed by atoms with E-state index in [0.717, 1.165) is 13.0 Å². The number of likely N-dealkylation sites (N-methyl/N-ethyl adjacent to an activating group) is 1. The van der Waals surface area contributed by atoms with Crippen molar-refractivity contribution in [2.45, 2.75) is 130 Å². The summed E-state index contributed by atoms with van der Waals surface area (Å²) in [5, 5.41) is 0. The van der Waals surface area contributed by atoms with Gasteiger partial charge < -0.3 is 4.74 Å². The molecule has 0 amide bonds. The van der Waals surface area contributed by atoms with E-state index in [1.807, 2.05) is 13.8 Å². The second kappa shape index (κ2) is 11.3. The molecule has 2 heteroatoms. The molecule has 1 unspecified atom stereocenters. The van der Waals surface area contributed by atoms with Crippen molar-refractivity contribution in [2.75, 3.05) is 13.7 Å². The van der Waals surface area contributed by atoms with Crippen molar-refractivity contribution in [1.29, 1.82) is 0 Å². The highest BCUT2D eigenvalue weighted by molar-refractivity contribution is 5.77. The number of rotatable bonds is 9. The van der Waals surface area contributed by atoms with Crippen LogP contribution in [-0.2, 0) is 10.2 Å². The van der Waals surface area contributed by atoms with Gasteiger partial charge in [-0.05, 0) is 98.4 Å². The third-order valence-electron chi connectivity index (χ3n) is 7.29. The van der Waals surface area contributed by atoms with Crippen molar-refractivity contribution >= 4 is 5.57 Å². The molecule has 0 aliphatic heterocycles. The molecule has 1 aliphatic carbocycles. The van der Waals surface area contributed by atoms with Crippen LogP contribution in [-0.4, -0.2) is 35.2 Å². The first kappa shape index (κ1) is 28.9. The first-order valence-corrected chi connectivity index (χ1v) is 12.9. The van der Waals surface area contributed by atoms with Gasteiger partial charge in [-0.15, -0.1) is 0 Å². The standard InChI is InChI=1S/C28H47NO.C2H6/c1-25(2,3)29(10)27(7,8)28(9)21-22(23-18-14-15-19-24(23)28)17-13-11-12-16-20-30-26(4,5)6;1-2/h14-15,18-19,21H,11-13,16-17,20H2,1-10H3;1-2H3. The summed E-state index contributed by atoms with van der Waals surface area (Å²) in [7, 11) is 2.28. The zero-order chi connectivity index (χ0) is 24.8. The summed E-state index contributed by atoms with van der Waals surface area (Å²) < 4.78 is 5.85. The second-order valence-corrected chi connectivity index (χ2v) is 11.8. The molecular weight excluding hydrogens is 390 g/mol. The van der Waals surface area contributed by atoms with E-state index in [1.54, 1.807) is 0 Å². The fourth-order valence-electron chi connectivity index (χ4n) is 4.77. The summed E-state index contributed by atoms with van der Waals surface area (Å²) >= 11 is 0. The van der Waals surface area contributed by atoms with Crippen LogP contribution in [0.1, 0.15) is 119 Å². The first-order valence-electron chi connectivity index (χ1n) is 12.9. The van der Waals surface area contributed by atoms with Gasteiger partial charge in [0.2, 0.25) is 0 Å². The third kappa shape index (κ3) is 6.94. The largest absolute Gasteiger partial charge is 0.376 e. The molecule has 1 aromatic carbocycles. The van der Waals surface area contributed by atoms with Crippen molar-refractivity contribution in [3.63, 3.8) is 0 Å². The van der Waals surface area contributed by atoms with Gasteiger partial charge in [0.15, 0.2) is 0 Å². The number of fused-ring (bicyclic) bond motifs is 1. The lowest BCUT2D eigenvalue weighted by atomic mass is 9.68. The highest BCUT2D eigenvalue weighted by atomic mass is 16.5. The number of nitrogens with zero attached hydrogens (tertiary/aromatic N) is 1. The summed E-state index contributed by atoms with van der Waals surface area (Å²) in [6.07, 6.45) is 8.69. The summed E-state index contributed by atoms with van der Waals surface area (Å²) in [6.45, 7) is 25.5. The van der Waals surface area contributed by atoms with E-state index in [4.69, 9.17) is 4.74 Å². The Labute approximate surface area is 200 Å². The molecular formula is C30H53NO. The molecule has 0 spiro atoms. The van der Waals surface area contributed by atoms with Gasteiger partial charge in [0.1, 0.15) is 0 Å². The predicted octanol–water partition coefficient (Wildman–Crippen LogP) is 8.64. The van der Waals surface area contributed by atoms with Crippen LogP contribution in [0.25, 0.3) is 5.57 Å². The molecule has 1 aromatic rings. The Kier molecular flexibility index (Phi) is 10.2. The van der Waals surface area contributed by atoms with Gasteiger partial charge in [0.05, 0.1) is 5.60 Å². The van der Waals surface area contributed by atoms with Crippen LogP contribution in [0.4, 0.5) is 0 Å². The Morgan fingerprint density at radius 1 is 0.844 bits per heavy atom. The molecule has 0 radical (unpaired) electrons. The van der Waals surface area contributed by atoms with E-state index in [2.05, 4.69) is 105 Å². The Morgan fingerprint density at radius 3 is 1.97 bits per heavy atom. The highest BCUT2D eigenvalue weighted by Gasteiger charge is 2.49. The number of ether oxygens (including phenoxy) is 1. The van der Waals surface area contributed by atoms with E-state index >= 15 is 0 Å². The number of hydrogen-bond acceptors (Lipinski definition) is 2. The summed E-state index contributed by atoms with van der Waals surface area (Å²) in [5.41, 5.74) is 4.60. The van der Waals surface area contributed by atoms with E-state index in [9.17, 15) is 0 Å². The fourth-order valence-corrected chi connectivity index (χ4v) is 4.77. The molecule has 2 rings (SSSR count). The quantitative estimate of drug-likeness (QED) is 0.354. The van der Waals surface area contributed by atoms with Crippen LogP contribution in [0.5, 0.6) is 0 Å². The zero-order valence-electron chi connectivity index (χ0n) is 23.5. The SMILES string of the molecule is CC.CN(C(C)(C)C)C(C)(C)C1(C)C=C(CCCCCCOC(C)(C)C)c2ccccc21. The number of allylic oxidation sites excluding steroid dienone is 1. The maximum atomic E-state index is 5.85. The molecule has 2 nitrogen and oxygen atoms in total. The lowest BCUT2D eigenvalue weighted by molar-refractivity contribution is -0.00473. The van der Waals surface area contributed by atoms with E-state index in [1.165, 1.54) is 42.4 Å². The van der Waals surface area contributed by atoms with Gasteiger partial charge in [0, 0.05) is 23.1 Å². The molecule has 0 N–H and O–H groups in total. The molecule has 0 saturated heterocycles. The summed E-state index contributed by atoms with van der Waals surface area (Å²) in [5.74, 6) is 0. The van der Waals surface area contributed by atoms with Crippen LogP contribution in [0.3, 0.4) is 0 Å². The van der Waals surface area contributed by atoms with E-state index < -0.39 is 0 Å². The average molecular weight is 444 g/mol. The lowest BCUT2D eigenvalue weighted by Crippen LogP contribution is -2.60. The second-order valence-electron chi connectivity index (χ2n) is 11.8. The van der Waals surface area contributed by atoms with Gasteiger partial charge in [0.25, 0.3) is 0 Å². The fraction of sp³-hybridized carbons (Fsp3) is 0.733. The molecule has 0 aromatic heterocycles. The van der Waals surface area contributed by atoms with Gasteiger partial charge in [-0.2, -0.15) is 0 Å². The molecule has 0 saturated carbocycles. The Morgan fingerprint density at radius 2 is 1.41 bits per heavy atom. The Balaban J connectivity index is 0.00000249. The first-order chi connectivity index (χ1) is 14.7. The maximum Gasteiger partial charge on any atom is 0.0598 e. The average Bonchev–Trinajstić information content (AvgIpc) is 3.00. The molecule has 0 fully saturated rings. The minimum Gasteiger partial charge on any atom is -0.376 e. The van der Waals surface area contributed by atoms with Crippen LogP contribution < -0.4 is 0 Å². The third-order valence-corrected chi connectivity index (χ3v) is 7.29. The predicted molar refractivity (Wildman–Crippen MR) is 144 cm³/mol. The van der Waals surface area contributed by atoms with Crippen LogP contribution in [0.2, 0.25) is 0 Å². The number of unbranched alkanes of at least 4 members (excludes halogenated alkanes) is 3. The minimum absolute atomic E-state index is 0.00149. The van der Waals surface area contributed by atoms with Crippen LogP contribution >= 0.6 is 0 Å². The maximum absolute atomic E-state index is 5.85. The van der Waals surface area contributed by atoms with Crippen LogP contribution in [0.15, 0.2) is 30.3 Å². The van der Waals surface area contributed by atoms with Crippen molar-refractivity contribution in [2.24, 2.45) is 0 Å². The summed E-state index contributed by atoms with van der Waals surface area (Å²) in [4.78, 5) is 2.55. The minimum atomic E-state index is -0.0180. The van der Waals surface area contributed by atoms with E-state index in [0.29, 0.717) is 0 Å². The molecule has 1 aliphatic rings. The molecule has 184 valence electrons. The highest BCUT2D eigenvalue weighted by Crippen LogP contribution is 2.50. The Bertz CT molecular complexity index is 732. The van der Waals surface area contributed by atoms with Crippen molar-refractivity contribution in [3.05, 3.63) is 41.5 Å². The normalized spacial score (nSPS) is 18.8. The van der Waals surface area contributed by atoms with Crippen molar-refractivity contribution < 1.29 is 4.74 Å². The lowest BCUT2D eigenvalue weighted by Gasteiger charge is -2.53. The van der Waals surface area contributed by atoms with Crippen molar-refractivity contribution in [3.8, 4) is 0 Å². The smallest absolute Gasteiger partial charge is 0.0598 e. The van der Waals surface area contributed by atoms with Crippen LogP contribution in [0, 0.1) is 0 Å². The molecule has 1 atom stereocenters. The van der Waals surface area contributed by atoms with Crippen molar-refractivity contribution in [1.82, 2.24) is 4.90 Å². The van der Waals surface area contributed by atoms with Gasteiger partial charge in [-0.3, -0.25) is 4.90 Å². The number of benzene rings is 1. The zero-order valence-corrected chi connectivity index (χ0v) is 23.5. The van der Waals surface area contributed by atoms with E-state index in [-0.39, 0.29) is 22.1 Å². The Hall–Kier alpha value is -1.12. The van der Waals surface area contributed by atoms with Gasteiger partial charge >= 0.3 is 0 Å². The van der Waals surface area contributed by atoms with Gasteiger partial charge in [-0.25, -0.2) is 0 Å². The summed E-state index contributed by atoms with van der Waals surface area (Å²) in [6, 6.07) is 9.08.